The number of nitrogens with zero attached hydrogens (tertiary/aromatic N) is 1. The molecular weight excluding hydrogens is 398 g/mol. The Morgan fingerprint density at radius 2 is 1.80 bits per heavy atom. The van der Waals surface area contributed by atoms with Crippen molar-refractivity contribution >= 4 is 29.5 Å². The first kappa shape index (κ1) is 21.2. The minimum atomic E-state index is -0.593. The summed E-state index contributed by atoms with van der Waals surface area (Å²) >= 11 is 1.61. The molecule has 30 heavy (non-hydrogen) atoms. The Hall–Kier alpha value is -2.02. The van der Waals surface area contributed by atoms with Gasteiger partial charge in [0.2, 0.25) is 11.8 Å². The molecule has 3 atom stereocenters. The summed E-state index contributed by atoms with van der Waals surface area (Å²) in [5, 5.41) is 6.02. The highest BCUT2D eigenvalue weighted by Crippen LogP contribution is 2.48. The van der Waals surface area contributed by atoms with Gasteiger partial charge in [-0.05, 0) is 30.4 Å². The molecule has 3 unspecified atom stereocenters. The summed E-state index contributed by atoms with van der Waals surface area (Å²) in [6, 6.07) is 6.61. The number of hydrogen-bond acceptors (Lipinski definition) is 4. The monoisotopic (exact) mass is 429 g/mol. The van der Waals surface area contributed by atoms with E-state index in [4.69, 9.17) is 0 Å². The Balaban J connectivity index is 1.42. The molecule has 2 fully saturated rings. The fourth-order valence-corrected chi connectivity index (χ4v) is 6.21. The molecule has 0 radical (unpaired) electrons. The Morgan fingerprint density at radius 1 is 1.10 bits per heavy atom. The second kappa shape index (κ2) is 9.00. The van der Waals surface area contributed by atoms with E-state index in [9.17, 15) is 14.4 Å². The van der Waals surface area contributed by atoms with E-state index >= 15 is 0 Å². The quantitative estimate of drug-likeness (QED) is 0.705. The number of carbonyl (C=O) groups excluding carboxylic acids is 3. The predicted octanol–water partition coefficient (Wildman–Crippen LogP) is 3.24. The van der Waals surface area contributed by atoms with Crippen LogP contribution in [0.2, 0.25) is 0 Å². The second-order valence-corrected chi connectivity index (χ2v) is 10.0. The molecule has 6 nitrogen and oxygen atoms in total. The fraction of sp³-hybridized carbons (Fsp3) is 0.609. The average Bonchev–Trinajstić information content (AvgIpc) is 3.17. The molecule has 0 bridgehead atoms. The lowest BCUT2D eigenvalue weighted by Gasteiger charge is -2.28. The largest absolute Gasteiger partial charge is 0.352 e. The Kier molecular flexibility index (Phi) is 6.37. The van der Waals surface area contributed by atoms with Gasteiger partial charge in [-0.25, -0.2) is 0 Å². The zero-order chi connectivity index (χ0) is 21.3. The van der Waals surface area contributed by atoms with Crippen molar-refractivity contribution in [2.45, 2.75) is 75.9 Å². The summed E-state index contributed by atoms with van der Waals surface area (Å²) in [6.07, 6.45) is 6.74. The molecule has 4 rings (SSSR count). The van der Waals surface area contributed by atoms with Crippen LogP contribution in [0.5, 0.6) is 0 Å². The number of amides is 3. The van der Waals surface area contributed by atoms with Crippen molar-refractivity contribution in [3.05, 3.63) is 35.4 Å². The van der Waals surface area contributed by atoms with Crippen molar-refractivity contribution in [1.82, 2.24) is 15.5 Å². The average molecular weight is 430 g/mol. The van der Waals surface area contributed by atoms with Gasteiger partial charge in [-0.1, -0.05) is 57.7 Å². The van der Waals surface area contributed by atoms with Gasteiger partial charge >= 0.3 is 0 Å². The molecule has 2 aliphatic heterocycles. The maximum atomic E-state index is 13.2. The van der Waals surface area contributed by atoms with Crippen LogP contribution in [0.3, 0.4) is 0 Å². The van der Waals surface area contributed by atoms with Gasteiger partial charge in [0.25, 0.3) is 5.91 Å². The van der Waals surface area contributed by atoms with Crippen LogP contribution in [0, 0.1) is 5.92 Å². The molecular formula is C23H31N3O3S. The van der Waals surface area contributed by atoms with E-state index in [-0.39, 0.29) is 35.1 Å². The number of hydrogen-bond donors (Lipinski definition) is 2. The van der Waals surface area contributed by atoms with Gasteiger partial charge in [-0.15, -0.1) is 11.8 Å². The topological polar surface area (TPSA) is 78.5 Å². The standard InChI is InChI=1S/C23H31N3O3S/c1-14(2)19(21(28)24-15-9-5-3-4-6-10-15)25-20(27)18-13-30-23-17-12-8-7-11-16(17)22(29)26(18)23/h7-8,11-12,14-15,18-19,23H,3-6,9-10,13H2,1-2H3,(H,24,28)(H,25,27). The highest BCUT2D eigenvalue weighted by atomic mass is 32.2. The molecule has 0 aromatic heterocycles. The fourth-order valence-electron chi connectivity index (χ4n) is 4.74. The van der Waals surface area contributed by atoms with Crippen LogP contribution in [0.4, 0.5) is 0 Å². The third-order valence-electron chi connectivity index (χ3n) is 6.44. The number of rotatable bonds is 5. The Labute approximate surface area is 182 Å². The summed E-state index contributed by atoms with van der Waals surface area (Å²) < 4.78 is 0. The molecule has 1 saturated carbocycles. The van der Waals surface area contributed by atoms with Gasteiger partial charge in [0.15, 0.2) is 0 Å². The van der Waals surface area contributed by atoms with Crippen molar-refractivity contribution in [3.8, 4) is 0 Å². The van der Waals surface area contributed by atoms with E-state index in [1.807, 2.05) is 38.1 Å². The number of benzene rings is 1. The van der Waals surface area contributed by atoms with Crippen molar-refractivity contribution < 1.29 is 14.4 Å². The zero-order valence-corrected chi connectivity index (χ0v) is 18.5. The second-order valence-electron chi connectivity index (χ2n) is 8.93. The lowest BCUT2D eigenvalue weighted by molar-refractivity contribution is -0.132. The van der Waals surface area contributed by atoms with Gasteiger partial charge in [0.1, 0.15) is 17.5 Å². The van der Waals surface area contributed by atoms with Crippen LogP contribution in [0.15, 0.2) is 24.3 Å². The normalized spacial score (nSPS) is 24.9. The van der Waals surface area contributed by atoms with Crippen molar-refractivity contribution in [2.75, 3.05) is 5.75 Å². The third-order valence-corrected chi connectivity index (χ3v) is 7.75. The molecule has 2 heterocycles. The zero-order valence-electron chi connectivity index (χ0n) is 17.7. The summed E-state index contributed by atoms with van der Waals surface area (Å²) in [4.78, 5) is 40.7. The van der Waals surface area contributed by atoms with Crippen LogP contribution in [0.25, 0.3) is 0 Å². The number of carbonyl (C=O) groups is 3. The first-order valence-electron chi connectivity index (χ1n) is 11.1. The minimum Gasteiger partial charge on any atom is -0.352 e. The van der Waals surface area contributed by atoms with Crippen molar-refractivity contribution in [3.63, 3.8) is 0 Å². The molecule has 2 N–H and O–H groups in total. The van der Waals surface area contributed by atoms with E-state index in [1.165, 1.54) is 12.8 Å². The smallest absolute Gasteiger partial charge is 0.256 e. The molecule has 1 saturated heterocycles. The van der Waals surface area contributed by atoms with Gasteiger partial charge < -0.3 is 15.5 Å². The van der Waals surface area contributed by atoms with E-state index in [2.05, 4.69) is 10.6 Å². The van der Waals surface area contributed by atoms with E-state index in [1.54, 1.807) is 16.7 Å². The number of nitrogens with one attached hydrogen (secondary N) is 2. The first-order valence-corrected chi connectivity index (χ1v) is 12.2. The molecule has 1 aromatic carbocycles. The molecule has 1 aliphatic carbocycles. The number of thioether (sulfide) groups is 1. The molecule has 7 heteroatoms. The summed E-state index contributed by atoms with van der Waals surface area (Å²) in [7, 11) is 0. The molecule has 0 spiro atoms. The van der Waals surface area contributed by atoms with Gasteiger partial charge in [-0.3, -0.25) is 14.4 Å². The lowest BCUT2D eigenvalue weighted by atomic mass is 10.0. The molecule has 3 aliphatic rings. The van der Waals surface area contributed by atoms with Crippen LogP contribution < -0.4 is 10.6 Å². The van der Waals surface area contributed by atoms with Crippen LogP contribution in [0.1, 0.15) is 73.7 Å². The summed E-state index contributed by atoms with van der Waals surface area (Å²) in [5.74, 6) is 0.0798. The highest BCUT2D eigenvalue weighted by Gasteiger charge is 2.48. The van der Waals surface area contributed by atoms with Crippen LogP contribution in [-0.4, -0.2) is 46.5 Å². The predicted molar refractivity (Wildman–Crippen MR) is 118 cm³/mol. The summed E-state index contributed by atoms with van der Waals surface area (Å²) in [5.41, 5.74) is 1.66. The first-order chi connectivity index (χ1) is 14.5. The van der Waals surface area contributed by atoms with Gasteiger partial charge in [-0.2, -0.15) is 0 Å². The molecule has 3 amide bonds. The number of fused-ring (bicyclic) bond motifs is 3. The summed E-state index contributed by atoms with van der Waals surface area (Å²) in [6.45, 7) is 3.89. The molecule has 162 valence electrons. The van der Waals surface area contributed by atoms with Gasteiger partial charge in [0.05, 0.1) is 0 Å². The Morgan fingerprint density at radius 3 is 2.50 bits per heavy atom. The minimum absolute atomic E-state index is 0.0314. The van der Waals surface area contributed by atoms with Gasteiger partial charge in [0, 0.05) is 17.4 Å². The maximum Gasteiger partial charge on any atom is 0.256 e. The van der Waals surface area contributed by atoms with E-state index in [0.29, 0.717) is 11.3 Å². The van der Waals surface area contributed by atoms with Crippen LogP contribution in [-0.2, 0) is 9.59 Å². The SMILES string of the molecule is CC(C)C(NC(=O)C1CSC2c3ccccc3C(=O)N12)C(=O)NC1CCCCCC1. The Bertz CT molecular complexity index is 820. The van der Waals surface area contributed by atoms with Crippen molar-refractivity contribution in [1.29, 1.82) is 0 Å². The van der Waals surface area contributed by atoms with E-state index in [0.717, 1.165) is 31.2 Å². The lowest BCUT2D eigenvalue weighted by Crippen LogP contribution is -2.56. The molecule has 1 aromatic rings. The van der Waals surface area contributed by atoms with Crippen LogP contribution >= 0.6 is 11.8 Å². The third kappa shape index (κ3) is 4.09. The van der Waals surface area contributed by atoms with E-state index < -0.39 is 12.1 Å². The van der Waals surface area contributed by atoms with Crippen molar-refractivity contribution in [2.24, 2.45) is 5.92 Å². The highest BCUT2D eigenvalue weighted by molar-refractivity contribution is 7.99. The maximum absolute atomic E-state index is 13.2.